The van der Waals surface area contributed by atoms with E-state index >= 15 is 0 Å². The van der Waals surface area contributed by atoms with E-state index in [1.165, 1.54) is 35.9 Å². The number of hydrogen-bond donors (Lipinski definition) is 0. The number of carbonyl (C=O) groups excluding carboxylic acids is 1. The summed E-state index contributed by atoms with van der Waals surface area (Å²) in [6.07, 6.45) is 2.39. The lowest BCUT2D eigenvalue weighted by Crippen LogP contribution is -2.37. The molecule has 0 atom stereocenters. The second kappa shape index (κ2) is 11.2. The van der Waals surface area contributed by atoms with Gasteiger partial charge in [-0.15, -0.1) is 0 Å². The van der Waals surface area contributed by atoms with Crippen molar-refractivity contribution in [3.63, 3.8) is 0 Å². The molecule has 0 bridgehead atoms. The number of nitrogens with zero attached hydrogens (tertiary/aromatic N) is 3. The zero-order valence-electron chi connectivity index (χ0n) is 20.7. The van der Waals surface area contributed by atoms with E-state index in [2.05, 4.69) is 9.47 Å². The molecule has 5 nitrogen and oxygen atoms in total. The Bertz CT molecular complexity index is 1010. The van der Waals surface area contributed by atoms with Gasteiger partial charge in [0.05, 0.1) is 24.3 Å². The molecular weight excluding hydrogens is 455 g/mol. The predicted octanol–water partition coefficient (Wildman–Crippen LogP) is 5.86. The van der Waals surface area contributed by atoms with Gasteiger partial charge in [-0.1, -0.05) is 25.3 Å². The van der Waals surface area contributed by atoms with E-state index in [4.69, 9.17) is 4.74 Å². The van der Waals surface area contributed by atoms with Crippen molar-refractivity contribution >= 4 is 11.6 Å². The fourth-order valence-electron chi connectivity index (χ4n) is 5.39. The maximum Gasteiger partial charge on any atom is 0.416 e. The standard InChI is InChI=1S/C27H36F3N3O2/c1-20-24(26(34)31(2)23-11-6-10-22(18-23)27(28,29)30)19-25(21-8-4-3-5-9-21)33(20)13-7-12-32-14-16-35-17-15-32/h6,10-11,18-19,21H,3-5,7-9,12-17H2,1-2H3. The molecule has 192 valence electrons. The second-order valence-corrected chi connectivity index (χ2v) is 9.77. The highest BCUT2D eigenvalue weighted by molar-refractivity contribution is 6.06. The van der Waals surface area contributed by atoms with E-state index in [0.29, 0.717) is 11.5 Å². The number of alkyl halides is 3. The molecule has 1 amide bonds. The van der Waals surface area contributed by atoms with Crippen molar-refractivity contribution in [2.45, 2.75) is 64.1 Å². The monoisotopic (exact) mass is 491 g/mol. The number of halogens is 3. The highest BCUT2D eigenvalue weighted by atomic mass is 19.4. The molecule has 1 saturated heterocycles. The van der Waals surface area contributed by atoms with Crippen LogP contribution in [0.5, 0.6) is 0 Å². The van der Waals surface area contributed by atoms with Gasteiger partial charge in [-0.25, -0.2) is 0 Å². The molecule has 35 heavy (non-hydrogen) atoms. The Morgan fingerprint density at radius 1 is 1.09 bits per heavy atom. The van der Waals surface area contributed by atoms with Gasteiger partial charge < -0.3 is 14.2 Å². The van der Waals surface area contributed by atoms with Gasteiger partial charge in [-0.2, -0.15) is 13.2 Å². The number of aromatic nitrogens is 1. The maximum atomic E-state index is 13.5. The molecule has 1 aromatic heterocycles. The summed E-state index contributed by atoms with van der Waals surface area (Å²) < 4.78 is 47.4. The topological polar surface area (TPSA) is 37.7 Å². The normalized spacial score (nSPS) is 18.1. The summed E-state index contributed by atoms with van der Waals surface area (Å²) in [4.78, 5) is 17.3. The molecule has 1 aliphatic carbocycles. The van der Waals surface area contributed by atoms with E-state index in [-0.39, 0.29) is 11.6 Å². The lowest BCUT2D eigenvalue weighted by atomic mass is 9.86. The average molecular weight is 492 g/mol. The van der Waals surface area contributed by atoms with Crippen molar-refractivity contribution in [2.75, 3.05) is 44.8 Å². The quantitative estimate of drug-likeness (QED) is 0.487. The van der Waals surface area contributed by atoms with Crippen LogP contribution in [0.2, 0.25) is 0 Å². The van der Waals surface area contributed by atoms with Gasteiger partial charge in [-0.3, -0.25) is 9.69 Å². The second-order valence-electron chi connectivity index (χ2n) is 9.77. The minimum atomic E-state index is -4.45. The number of morpholine rings is 1. The minimum absolute atomic E-state index is 0.239. The van der Waals surface area contributed by atoms with Crippen molar-refractivity contribution in [2.24, 2.45) is 0 Å². The Balaban J connectivity index is 1.57. The fraction of sp³-hybridized carbons (Fsp3) is 0.593. The van der Waals surface area contributed by atoms with E-state index in [1.54, 1.807) is 13.1 Å². The summed E-state index contributed by atoms with van der Waals surface area (Å²) in [5.41, 5.74) is 2.16. The van der Waals surface area contributed by atoms with Gasteiger partial charge in [0.2, 0.25) is 0 Å². The Morgan fingerprint density at radius 3 is 2.49 bits per heavy atom. The van der Waals surface area contributed by atoms with Gasteiger partial charge in [-0.05, 0) is 56.4 Å². The summed E-state index contributed by atoms with van der Waals surface area (Å²) in [5.74, 6) is 0.150. The molecular formula is C27H36F3N3O2. The van der Waals surface area contributed by atoms with Crippen molar-refractivity contribution in [3.05, 3.63) is 52.8 Å². The molecule has 0 N–H and O–H groups in total. The molecule has 0 radical (unpaired) electrons. The van der Waals surface area contributed by atoms with Crippen LogP contribution in [0.4, 0.5) is 18.9 Å². The number of benzene rings is 1. The van der Waals surface area contributed by atoms with E-state index < -0.39 is 11.7 Å². The molecule has 0 unspecified atom stereocenters. The molecule has 8 heteroatoms. The summed E-state index contributed by atoms with van der Waals surface area (Å²) in [7, 11) is 1.55. The largest absolute Gasteiger partial charge is 0.416 e. The Labute approximate surface area is 205 Å². The van der Waals surface area contributed by atoms with Crippen LogP contribution < -0.4 is 4.90 Å². The van der Waals surface area contributed by atoms with Crippen LogP contribution in [0.3, 0.4) is 0 Å². The summed E-state index contributed by atoms with van der Waals surface area (Å²) in [6, 6.07) is 6.96. The summed E-state index contributed by atoms with van der Waals surface area (Å²) in [5, 5.41) is 0. The number of ether oxygens (including phenoxy) is 1. The van der Waals surface area contributed by atoms with Gasteiger partial charge >= 0.3 is 6.18 Å². The van der Waals surface area contributed by atoms with Crippen molar-refractivity contribution in [1.29, 1.82) is 0 Å². The number of carbonyl (C=O) groups is 1. The first kappa shape index (κ1) is 25.8. The van der Waals surface area contributed by atoms with Crippen LogP contribution in [-0.4, -0.2) is 55.3 Å². The Hall–Kier alpha value is -2.32. The zero-order valence-corrected chi connectivity index (χ0v) is 20.7. The van der Waals surface area contributed by atoms with Crippen molar-refractivity contribution in [1.82, 2.24) is 9.47 Å². The van der Waals surface area contributed by atoms with Crippen LogP contribution in [-0.2, 0) is 17.5 Å². The first-order valence-electron chi connectivity index (χ1n) is 12.7. The molecule has 1 aromatic carbocycles. The molecule has 1 aliphatic heterocycles. The molecule has 2 aromatic rings. The highest BCUT2D eigenvalue weighted by Gasteiger charge is 2.31. The fourth-order valence-corrected chi connectivity index (χ4v) is 5.39. The number of amides is 1. The third-order valence-corrected chi connectivity index (χ3v) is 7.48. The first-order valence-corrected chi connectivity index (χ1v) is 12.7. The van der Waals surface area contributed by atoms with Gasteiger partial charge in [0.25, 0.3) is 5.91 Å². The lowest BCUT2D eigenvalue weighted by Gasteiger charge is -2.27. The predicted molar refractivity (Wildman–Crippen MR) is 131 cm³/mol. The Kier molecular flexibility index (Phi) is 8.22. The van der Waals surface area contributed by atoms with Gasteiger partial charge in [0, 0.05) is 50.3 Å². The number of rotatable bonds is 7. The van der Waals surface area contributed by atoms with Crippen LogP contribution in [0.25, 0.3) is 0 Å². The molecule has 2 fully saturated rings. The van der Waals surface area contributed by atoms with Crippen LogP contribution in [0.15, 0.2) is 30.3 Å². The van der Waals surface area contributed by atoms with Crippen LogP contribution in [0, 0.1) is 6.92 Å². The van der Waals surface area contributed by atoms with E-state index in [1.807, 2.05) is 13.0 Å². The molecule has 4 rings (SSSR count). The van der Waals surface area contributed by atoms with Crippen LogP contribution >= 0.6 is 0 Å². The van der Waals surface area contributed by atoms with Crippen molar-refractivity contribution < 1.29 is 22.7 Å². The molecule has 0 spiro atoms. The lowest BCUT2D eigenvalue weighted by molar-refractivity contribution is -0.137. The highest BCUT2D eigenvalue weighted by Crippen LogP contribution is 2.36. The number of hydrogen-bond acceptors (Lipinski definition) is 3. The van der Waals surface area contributed by atoms with E-state index in [0.717, 1.165) is 76.5 Å². The number of anilines is 1. The van der Waals surface area contributed by atoms with Crippen LogP contribution in [0.1, 0.15) is 71.8 Å². The summed E-state index contributed by atoms with van der Waals surface area (Å²) >= 11 is 0. The molecule has 2 aliphatic rings. The minimum Gasteiger partial charge on any atom is -0.379 e. The Morgan fingerprint density at radius 2 is 1.80 bits per heavy atom. The SMILES string of the molecule is Cc1c(C(=O)N(C)c2cccc(C(F)(F)F)c2)cc(C2CCCCC2)n1CCCN1CCOCC1. The van der Waals surface area contributed by atoms with Crippen molar-refractivity contribution in [3.8, 4) is 0 Å². The third-order valence-electron chi connectivity index (χ3n) is 7.48. The summed E-state index contributed by atoms with van der Waals surface area (Å²) in [6.45, 7) is 7.23. The van der Waals surface area contributed by atoms with Gasteiger partial charge in [0.15, 0.2) is 0 Å². The van der Waals surface area contributed by atoms with E-state index in [9.17, 15) is 18.0 Å². The molecule has 1 saturated carbocycles. The third kappa shape index (κ3) is 6.09. The smallest absolute Gasteiger partial charge is 0.379 e. The molecule has 2 heterocycles. The first-order chi connectivity index (χ1) is 16.8. The maximum absolute atomic E-state index is 13.5. The average Bonchev–Trinajstić information content (AvgIpc) is 3.20. The zero-order chi connectivity index (χ0) is 25.0. The van der Waals surface area contributed by atoms with Gasteiger partial charge in [0.1, 0.15) is 0 Å².